The van der Waals surface area contributed by atoms with Gasteiger partial charge in [-0.3, -0.25) is 4.90 Å². The second-order valence-electron chi connectivity index (χ2n) is 6.35. The molecular weight excluding hydrogens is 286 g/mol. The Morgan fingerprint density at radius 3 is 2.87 bits per heavy atom. The Hall–Kier alpha value is -2.27. The van der Waals surface area contributed by atoms with Gasteiger partial charge in [0.15, 0.2) is 0 Å². The van der Waals surface area contributed by atoms with Crippen LogP contribution in [0, 0.1) is 6.92 Å². The van der Waals surface area contributed by atoms with Crippen LogP contribution in [0.15, 0.2) is 36.5 Å². The number of imidazole rings is 1. The first-order chi connectivity index (χ1) is 11.2. The minimum atomic E-state index is 0.435. The smallest absolute Gasteiger partial charge is 0.132 e. The number of rotatable bonds is 3. The van der Waals surface area contributed by atoms with Crippen molar-refractivity contribution in [2.24, 2.45) is 7.05 Å². The van der Waals surface area contributed by atoms with E-state index < -0.39 is 0 Å². The number of likely N-dealkylation sites (tertiary alicyclic amines) is 1. The summed E-state index contributed by atoms with van der Waals surface area (Å²) >= 11 is 0. The molecule has 0 N–H and O–H groups in total. The summed E-state index contributed by atoms with van der Waals surface area (Å²) in [5, 5.41) is 0. The summed E-state index contributed by atoms with van der Waals surface area (Å²) in [7, 11) is 2.10. The molecule has 0 aliphatic carbocycles. The Bertz CT molecular complexity index is 838. The molecule has 5 heteroatoms. The molecule has 0 spiro atoms. The first-order valence-corrected chi connectivity index (χ1v) is 8.13. The van der Waals surface area contributed by atoms with E-state index in [9.17, 15) is 0 Å². The minimum Gasteiger partial charge on any atom is -0.330 e. The fourth-order valence-electron chi connectivity index (χ4n) is 3.39. The van der Waals surface area contributed by atoms with Crippen LogP contribution in [0.1, 0.15) is 29.7 Å². The van der Waals surface area contributed by atoms with Crippen molar-refractivity contribution >= 4 is 11.0 Å². The number of para-hydroxylation sites is 2. The molecule has 0 radical (unpaired) electrons. The van der Waals surface area contributed by atoms with E-state index >= 15 is 0 Å². The molecule has 1 aromatic carbocycles. The fraction of sp³-hybridized carbons (Fsp3) is 0.389. The van der Waals surface area contributed by atoms with Gasteiger partial charge in [0.2, 0.25) is 0 Å². The zero-order valence-corrected chi connectivity index (χ0v) is 13.6. The maximum atomic E-state index is 4.78. The predicted octanol–water partition coefficient (Wildman–Crippen LogP) is 2.66. The summed E-state index contributed by atoms with van der Waals surface area (Å²) in [4.78, 5) is 16.3. The molecule has 23 heavy (non-hydrogen) atoms. The second-order valence-corrected chi connectivity index (χ2v) is 6.35. The minimum absolute atomic E-state index is 0.435. The first-order valence-electron chi connectivity index (χ1n) is 8.13. The molecule has 2 aromatic heterocycles. The highest BCUT2D eigenvalue weighted by Gasteiger charge is 2.27. The van der Waals surface area contributed by atoms with Crippen LogP contribution >= 0.6 is 0 Å². The summed E-state index contributed by atoms with van der Waals surface area (Å²) in [5.41, 5.74) is 3.31. The molecule has 5 nitrogen and oxygen atoms in total. The van der Waals surface area contributed by atoms with Crippen molar-refractivity contribution in [3.05, 3.63) is 53.9 Å². The number of fused-ring (bicyclic) bond motifs is 1. The van der Waals surface area contributed by atoms with Crippen LogP contribution in [-0.4, -0.2) is 37.5 Å². The van der Waals surface area contributed by atoms with Gasteiger partial charge in [-0.05, 0) is 38.1 Å². The molecule has 1 atom stereocenters. The molecule has 1 fully saturated rings. The molecular formula is C18H21N5. The lowest BCUT2D eigenvalue weighted by atomic mass is 10.1. The lowest BCUT2D eigenvalue weighted by molar-refractivity contribution is 0.314. The van der Waals surface area contributed by atoms with E-state index in [1.165, 1.54) is 5.52 Å². The van der Waals surface area contributed by atoms with Gasteiger partial charge in [-0.1, -0.05) is 12.1 Å². The fourth-order valence-corrected chi connectivity index (χ4v) is 3.39. The molecule has 118 valence electrons. The van der Waals surface area contributed by atoms with Crippen molar-refractivity contribution in [2.75, 3.05) is 13.1 Å². The van der Waals surface area contributed by atoms with Crippen molar-refractivity contribution in [3.8, 4) is 0 Å². The van der Waals surface area contributed by atoms with Crippen LogP contribution in [0.5, 0.6) is 0 Å². The van der Waals surface area contributed by atoms with Crippen molar-refractivity contribution < 1.29 is 0 Å². The van der Waals surface area contributed by atoms with E-state index in [-0.39, 0.29) is 0 Å². The average Bonchev–Trinajstić information content (AvgIpc) is 3.14. The van der Waals surface area contributed by atoms with E-state index in [0.717, 1.165) is 48.9 Å². The molecule has 3 heterocycles. The van der Waals surface area contributed by atoms with Crippen LogP contribution in [0.2, 0.25) is 0 Å². The van der Waals surface area contributed by atoms with Gasteiger partial charge in [-0.15, -0.1) is 0 Å². The summed E-state index contributed by atoms with van der Waals surface area (Å²) in [5.74, 6) is 2.54. The monoisotopic (exact) mass is 307 g/mol. The van der Waals surface area contributed by atoms with Crippen LogP contribution in [-0.2, 0) is 13.6 Å². The normalized spacial score (nSPS) is 18.8. The summed E-state index contributed by atoms with van der Waals surface area (Å²) in [6.07, 6.45) is 2.99. The van der Waals surface area contributed by atoms with Gasteiger partial charge in [0, 0.05) is 31.4 Å². The Balaban J connectivity index is 1.50. The maximum absolute atomic E-state index is 4.78. The Labute approximate surface area is 136 Å². The first kappa shape index (κ1) is 14.3. The van der Waals surface area contributed by atoms with E-state index in [1.54, 1.807) is 0 Å². The number of hydrogen-bond acceptors (Lipinski definition) is 4. The van der Waals surface area contributed by atoms with E-state index in [1.807, 2.05) is 25.3 Å². The van der Waals surface area contributed by atoms with Gasteiger partial charge >= 0.3 is 0 Å². The standard InChI is InChI=1S/C18H21N5/c1-13-7-9-19-18(20-13)14-8-10-23(11-14)12-17-21-15-5-3-4-6-16(15)22(17)2/h3-7,9,14H,8,10-12H2,1-2H3/t14-/m0/s1. The molecule has 1 saturated heterocycles. The number of hydrogen-bond donors (Lipinski definition) is 0. The zero-order chi connectivity index (χ0) is 15.8. The van der Waals surface area contributed by atoms with Crippen molar-refractivity contribution in [3.63, 3.8) is 0 Å². The molecule has 0 bridgehead atoms. The van der Waals surface area contributed by atoms with Crippen molar-refractivity contribution in [2.45, 2.75) is 25.8 Å². The summed E-state index contributed by atoms with van der Waals surface area (Å²) in [6.45, 7) is 4.99. The van der Waals surface area contributed by atoms with Crippen LogP contribution in [0.25, 0.3) is 11.0 Å². The molecule has 0 saturated carbocycles. The van der Waals surface area contributed by atoms with E-state index in [4.69, 9.17) is 4.98 Å². The maximum Gasteiger partial charge on any atom is 0.132 e. The molecule has 4 rings (SSSR count). The zero-order valence-electron chi connectivity index (χ0n) is 13.6. The van der Waals surface area contributed by atoms with E-state index in [0.29, 0.717) is 5.92 Å². The molecule has 0 unspecified atom stereocenters. The lowest BCUT2D eigenvalue weighted by Gasteiger charge is -2.15. The predicted molar refractivity (Wildman–Crippen MR) is 90.1 cm³/mol. The highest BCUT2D eigenvalue weighted by atomic mass is 15.2. The van der Waals surface area contributed by atoms with E-state index in [2.05, 4.69) is 44.7 Å². The molecule has 1 aliphatic rings. The number of benzene rings is 1. The highest BCUT2D eigenvalue weighted by molar-refractivity contribution is 5.75. The van der Waals surface area contributed by atoms with Gasteiger partial charge in [0.1, 0.15) is 11.6 Å². The molecule has 1 aliphatic heterocycles. The Morgan fingerprint density at radius 2 is 2.04 bits per heavy atom. The summed E-state index contributed by atoms with van der Waals surface area (Å²) < 4.78 is 2.20. The average molecular weight is 307 g/mol. The van der Waals surface area contributed by atoms with Crippen molar-refractivity contribution in [1.29, 1.82) is 0 Å². The third-order valence-corrected chi connectivity index (χ3v) is 4.70. The molecule has 3 aromatic rings. The van der Waals surface area contributed by atoms with Gasteiger partial charge in [-0.25, -0.2) is 15.0 Å². The number of aromatic nitrogens is 4. The van der Waals surface area contributed by atoms with Crippen LogP contribution in [0.3, 0.4) is 0 Å². The molecule has 0 amide bonds. The van der Waals surface area contributed by atoms with Crippen molar-refractivity contribution in [1.82, 2.24) is 24.4 Å². The topological polar surface area (TPSA) is 46.8 Å². The third kappa shape index (κ3) is 2.72. The Morgan fingerprint density at radius 1 is 1.17 bits per heavy atom. The second kappa shape index (κ2) is 5.74. The number of aryl methyl sites for hydroxylation is 2. The quantitative estimate of drug-likeness (QED) is 0.746. The SMILES string of the molecule is Cc1ccnc([C@H]2CCN(Cc3nc4ccccc4n3C)C2)n1. The lowest BCUT2D eigenvalue weighted by Crippen LogP contribution is -2.22. The third-order valence-electron chi connectivity index (χ3n) is 4.70. The van der Waals surface area contributed by atoms with Gasteiger partial charge in [-0.2, -0.15) is 0 Å². The van der Waals surface area contributed by atoms with Gasteiger partial charge in [0.05, 0.1) is 17.6 Å². The number of nitrogens with zero attached hydrogens (tertiary/aromatic N) is 5. The van der Waals surface area contributed by atoms with Gasteiger partial charge < -0.3 is 4.57 Å². The largest absolute Gasteiger partial charge is 0.330 e. The summed E-state index contributed by atoms with van der Waals surface area (Å²) in [6, 6.07) is 10.3. The van der Waals surface area contributed by atoms with Crippen LogP contribution in [0.4, 0.5) is 0 Å². The van der Waals surface area contributed by atoms with Crippen LogP contribution < -0.4 is 0 Å². The van der Waals surface area contributed by atoms with Gasteiger partial charge in [0.25, 0.3) is 0 Å². The highest BCUT2D eigenvalue weighted by Crippen LogP contribution is 2.26. The Kier molecular flexibility index (Phi) is 3.58.